The van der Waals surface area contributed by atoms with E-state index in [2.05, 4.69) is 10.3 Å². The van der Waals surface area contributed by atoms with Crippen molar-refractivity contribution >= 4 is 17.4 Å². The highest BCUT2D eigenvalue weighted by Crippen LogP contribution is 2.31. The van der Waals surface area contributed by atoms with Gasteiger partial charge in [0.15, 0.2) is 0 Å². The summed E-state index contributed by atoms with van der Waals surface area (Å²) in [6, 6.07) is 1.97. The Balaban J connectivity index is 2.91. The topological polar surface area (TPSA) is 24.9 Å². The summed E-state index contributed by atoms with van der Waals surface area (Å²) in [6.45, 7) is 3.87. The molecule has 0 bridgehead atoms. The monoisotopic (exact) mass is 280 g/mol. The van der Waals surface area contributed by atoms with Gasteiger partial charge < -0.3 is 5.32 Å². The second kappa shape index (κ2) is 5.78. The van der Waals surface area contributed by atoms with Crippen LogP contribution in [0.1, 0.15) is 32.3 Å². The third kappa shape index (κ3) is 4.05. The molecule has 0 aliphatic carbocycles. The zero-order valence-corrected chi connectivity index (χ0v) is 11.1. The minimum Gasteiger partial charge on any atom is -0.365 e. The number of nitrogens with one attached hydrogen (secondary N) is 1. The van der Waals surface area contributed by atoms with Crippen molar-refractivity contribution in [3.8, 4) is 0 Å². The minimum absolute atomic E-state index is 0.222. The van der Waals surface area contributed by atoms with Crippen LogP contribution >= 0.6 is 11.6 Å². The molecule has 1 N–H and O–H groups in total. The molecule has 102 valence electrons. The van der Waals surface area contributed by atoms with Crippen molar-refractivity contribution in [3.05, 3.63) is 23.9 Å². The van der Waals surface area contributed by atoms with Gasteiger partial charge in [-0.1, -0.05) is 6.92 Å². The molecule has 1 unspecified atom stereocenters. The number of hydrogen-bond donors (Lipinski definition) is 1. The van der Waals surface area contributed by atoms with E-state index in [0.717, 1.165) is 24.8 Å². The molecular formula is C12H16ClF3N2. The second-order valence-corrected chi connectivity index (χ2v) is 4.78. The fraction of sp³-hybridized carbons (Fsp3) is 0.583. The normalized spacial score (nSPS) is 15.2. The van der Waals surface area contributed by atoms with Crippen LogP contribution in [0.3, 0.4) is 0 Å². The molecule has 1 rings (SSSR count). The van der Waals surface area contributed by atoms with E-state index in [4.69, 9.17) is 11.6 Å². The molecular weight excluding hydrogens is 265 g/mol. The van der Waals surface area contributed by atoms with Crippen molar-refractivity contribution in [1.82, 2.24) is 4.98 Å². The summed E-state index contributed by atoms with van der Waals surface area (Å²) in [7, 11) is 0. The van der Waals surface area contributed by atoms with E-state index in [0.29, 0.717) is 12.3 Å². The Morgan fingerprint density at radius 2 is 2.06 bits per heavy atom. The van der Waals surface area contributed by atoms with Crippen molar-refractivity contribution in [2.45, 2.75) is 38.4 Å². The summed E-state index contributed by atoms with van der Waals surface area (Å²) >= 11 is 5.69. The first-order valence-corrected chi connectivity index (χ1v) is 6.21. The van der Waals surface area contributed by atoms with E-state index in [9.17, 15) is 13.2 Å². The molecule has 0 radical (unpaired) electrons. The molecule has 18 heavy (non-hydrogen) atoms. The fourth-order valence-electron chi connectivity index (χ4n) is 1.52. The smallest absolute Gasteiger partial charge is 0.365 e. The van der Waals surface area contributed by atoms with E-state index >= 15 is 0 Å². The van der Waals surface area contributed by atoms with Gasteiger partial charge in [-0.3, -0.25) is 0 Å². The zero-order chi connectivity index (χ0) is 13.8. The molecule has 1 aromatic rings. The van der Waals surface area contributed by atoms with E-state index in [1.807, 2.05) is 13.8 Å². The van der Waals surface area contributed by atoms with Gasteiger partial charge in [0.25, 0.3) is 0 Å². The van der Waals surface area contributed by atoms with Crippen LogP contribution in [-0.2, 0) is 6.18 Å². The number of pyridine rings is 1. The van der Waals surface area contributed by atoms with Crippen molar-refractivity contribution in [2.75, 3.05) is 11.2 Å². The summed E-state index contributed by atoms with van der Waals surface area (Å²) in [5.74, 6) is 0.662. The summed E-state index contributed by atoms with van der Waals surface area (Å²) in [4.78, 5) is 3.91. The number of aromatic nitrogens is 1. The largest absolute Gasteiger partial charge is 0.416 e. The first-order chi connectivity index (χ1) is 8.30. The molecule has 1 heterocycles. The Kier molecular flexibility index (Phi) is 4.85. The van der Waals surface area contributed by atoms with Crippen LogP contribution in [0.2, 0.25) is 0 Å². The molecule has 0 amide bonds. The number of anilines is 1. The highest BCUT2D eigenvalue weighted by atomic mass is 35.5. The van der Waals surface area contributed by atoms with Crippen LogP contribution in [-0.4, -0.2) is 16.4 Å². The quantitative estimate of drug-likeness (QED) is 0.813. The lowest BCUT2D eigenvalue weighted by atomic mass is 9.95. The Morgan fingerprint density at radius 3 is 2.56 bits per heavy atom. The van der Waals surface area contributed by atoms with Crippen molar-refractivity contribution in [1.29, 1.82) is 0 Å². The lowest BCUT2D eigenvalue weighted by Gasteiger charge is -2.29. The van der Waals surface area contributed by atoms with Crippen LogP contribution < -0.4 is 5.32 Å². The first-order valence-electron chi connectivity index (χ1n) is 5.68. The summed E-state index contributed by atoms with van der Waals surface area (Å²) in [6.07, 6.45) is -1.79. The molecule has 0 saturated heterocycles. The lowest BCUT2D eigenvalue weighted by Crippen LogP contribution is -2.34. The molecule has 0 fully saturated rings. The number of rotatable bonds is 5. The molecule has 6 heteroatoms. The molecule has 0 aliphatic rings. The third-order valence-corrected chi connectivity index (χ3v) is 3.13. The fourth-order valence-corrected chi connectivity index (χ4v) is 1.94. The van der Waals surface area contributed by atoms with Crippen molar-refractivity contribution in [3.63, 3.8) is 0 Å². The Morgan fingerprint density at radius 1 is 1.39 bits per heavy atom. The van der Waals surface area contributed by atoms with Gasteiger partial charge >= 0.3 is 6.18 Å². The van der Waals surface area contributed by atoms with Gasteiger partial charge in [-0.2, -0.15) is 13.2 Å². The Labute approximate surface area is 110 Å². The molecule has 1 aromatic heterocycles. The van der Waals surface area contributed by atoms with E-state index in [1.54, 1.807) is 0 Å². The maximum Gasteiger partial charge on any atom is 0.416 e. The van der Waals surface area contributed by atoms with Gasteiger partial charge in [-0.15, -0.1) is 11.6 Å². The summed E-state index contributed by atoms with van der Waals surface area (Å²) in [5, 5.41) is 3.02. The molecule has 1 atom stereocenters. The standard InChI is InChI=1S/C12H16ClF3N2/c1-3-11(2,5-6-13)18-10-8-9(4-7-17-10)12(14,15)16/h4,7-8H,3,5-6H2,1-2H3,(H,17,18). The SMILES string of the molecule is CCC(C)(CCCl)Nc1cc(C(F)(F)F)ccn1. The first kappa shape index (κ1) is 15.1. The Bertz CT molecular complexity index is 395. The summed E-state index contributed by atoms with van der Waals surface area (Å²) in [5.41, 5.74) is -1.05. The average molecular weight is 281 g/mol. The van der Waals surface area contributed by atoms with Crippen LogP contribution in [0.15, 0.2) is 18.3 Å². The average Bonchev–Trinajstić information content (AvgIpc) is 2.28. The van der Waals surface area contributed by atoms with Gasteiger partial charge in [0, 0.05) is 17.6 Å². The van der Waals surface area contributed by atoms with Gasteiger partial charge in [-0.05, 0) is 31.9 Å². The van der Waals surface area contributed by atoms with Crippen LogP contribution in [0, 0.1) is 0 Å². The van der Waals surface area contributed by atoms with Crippen LogP contribution in [0.5, 0.6) is 0 Å². The van der Waals surface area contributed by atoms with Gasteiger partial charge in [-0.25, -0.2) is 4.98 Å². The lowest BCUT2D eigenvalue weighted by molar-refractivity contribution is -0.137. The third-order valence-electron chi connectivity index (χ3n) is 2.94. The highest BCUT2D eigenvalue weighted by molar-refractivity contribution is 6.17. The molecule has 2 nitrogen and oxygen atoms in total. The summed E-state index contributed by atoms with van der Waals surface area (Å²) < 4.78 is 37.7. The molecule has 0 spiro atoms. The number of nitrogens with zero attached hydrogens (tertiary/aromatic N) is 1. The minimum atomic E-state index is -4.35. The van der Waals surface area contributed by atoms with Crippen LogP contribution in [0.4, 0.5) is 19.0 Å². The molecule has 0 saturated carbocycles. The predicted molar refractivity (Wildman–Crippen MR) is 66.9 cm³/mol. The molecule has 0 aliphatic heterocycles. The van der Waals surface area contributed by atoms with Crippen LogP contribution in [0.25, 0.3) is 0 Å². The maximum absolute atomic E-state index is 12.6. The van der Waals surface area contributed by atoms with Gasteiger partial charge in [0.2, 0.25) is 0 Å². The highest BCUT2D eigenvalue weighted by Gasteiger charge is 2.31. The maximum atomic E-state index is 12.6. The Hall–Kier alpha value is -0.970. The van der Waals surface area contributed by atoms with Crippen molar-refractivity contribution in [2.24, 2.45) is 0 Å². The van der Waals surface area contributed by atoms with E-state index in [-0.39, 0.29) is 11.4 Å². The van der Waals surface area contributed by atoms with E-state index in [1.165, 1.54) is 0 Å². The number of halogens is 4. The van der Waals surface area contributed by atoms with Gasteiger partial charge in [0.1, 0.15) is 5.82 Å². The zero-order valence-electron chi connectivity index (χ0n) is 10.3. The van der Waals surface area contributed by atoms with Crippen molar-refractivity contribution < 1.29 is 13.2 Å². The second-order valence-electron chi connectivity index (χ2n) is 4.41. The molecule has 0 aromatic carbocycles. The predicted octanol–water partition coefficient (Wildman–Crippen LogP) is 4.31. The number of hydrogen-bond acceptors (Lipinski definition) is 2. The number of alkyl halides is 4. The van der Waals surface area contributed by atoms with E-state index < -0.39 is 11.7 Å². The van der Waals surface area contributed by atoms with Gasteiger partial charge in [0.05, 0.1) is 5.56 Å².